The van der Waals surface area contributed by atoms with Crippen LogP contribution in [0.25, 0.3) is 0 Å². The number of quaternary nitrogens is 1. The summed E-state index contributed by atoms with van der Waals surface area (Å²) in [5, 5.41) is 10.1. The minimum Gasteiger partial charge on any atom is -0.485 e. The molecule has 2 N–H and O–H groups in total. The van der Waals surface area contributed by atoms with E-state index in [1.54, 1.807) is 0 Å². The first-order valence-electron chi connectivity index (χ1n) is 7.88. The summed E-state index contributed by atoms with van der Waals surface area (Å²) < 4.78 is 32.9. The lowest BCUT2D eigenvalue weighted by Crippen LogP contribution is -3.13. The maximum atomic E-state index is 13.7. The molecule has 1 aliphatic heterocycles. The molecule has 0 spiro atoms. The first-order valence-corrected chi connectivity index (χ1v) is 8.68. The fourth-order valence-electron chi connectivity index (χ4n) is 3.06. The van der Waals surface area contributed by atoms with Crippen molar-refractivity contribution in [3.05, 3.63) is 63.6 Å². The van der Waals surface area contributed by atoms with E-state index >= 15 is 0 Å². The Hall–Kier alpha value is -1.50. The van der Waals surface area contributed by atoms with E-state index in [2.05, 4.69) is 28.1 Å². The molecule has 24 heavy (non-hydrogen) atoms. The van der Waals surface area contributed by atoms with Crippen LogP contribution in [0.15, 0.2) is 40.9 Å². The highest BCUT2D eigenvalue weighted by Crippen LogP contribution is 2.25. The van der Waals surface area contributed by atoms with Gasteiger partial charge in [0.1, 0.15) is 25.8 Å². The smallest absolute Gasteiger partial charge is 0.190 e. The highest BCUT2D eigenvalue weighted by molar-refractivity contribution is 9.10. The summed E-state index contributed by atoms with van der Waals surface area (Å²) in [5.41, 5.74) is 2.64. The summed E-state index contributed by atoms with van der Waals surface area (Å²) in [6.45, 7) is 2.11. The minimum absolute atomic E-state index is 0.138. The molecule has 1 heterocycles. The molecule has 3 nitrogen and oxygen atoms in total. The molecular formula is C18H19BrF2NO2+. The molecule has 0 aliphatic carbocycles. The van der Waals surface area contributed by atoms with E-state index in [9.17, 15) is 13.9 Å². The van der Waals surface area contributed by atoms with Crippen LogP contribution in [0.5, 0.6) is 5.75 Å². The van der Waals surface area contributed by atoms with Crippen molar-refractivity contribution in [1.82, 2.24) is 0 Å². The van der Waals surface area contributed by atoms with E-state index in [1.807, 2.05) is 12.1 Å². The average molecular weight is 399 g/mol. The van der Waals surface area contributed by atoms with Crippen LogP contribution in [0.2, 0.25) is 0 Å². The number of rotatable bonds is 5. The van der Waals surface area contributed by atoms with Crippen LogP contribution in [0, 0.1) is 11.6 Å². The van der Waals surface area contributed by atoms with Crippen molar-refractivity contribution >= 4 is 15.9 Å². The molecule has 1 aliphatic rings. The molecule has 0 aromatic heterocycles. The number of nitrogens with one attached hydrogen (secondary N) is 1. The molecule has 0 radical (unpaired) electrons. The molecule has 0 saturated heterocycles. The molecule has 0 fully saturated rings. The quantitative estimate of drug-likeness (QED) is 0.808. The number of aliphatic hydroxyl groups excluding tert-OH is 1. The van der Waals surface area contributed by atoms with Gasteiger partial charge in [0.25, 0.3) is 0 Å². The van der Waals surface area contributed by atoms with Crippen molar-refractivity contribution in [3.63, 3.8) is 0 Å². The van der Waals surface area contributed by atoms with Crippen LogP contribution in [0.1, 0.15) is 11.1 Å². The Kier molecular flexibility index (Phi) is 5.48. The second-order valence-corrected chi connectivity index (χ2v) is 6.98. The minimum atomic E-state index is -0.785. The molecule has 0 amide bonds. The Morgan fingerprint density at radius 1 is 1.17 bits per heavy atom. The third kappa shape index (κ3) is 4.12. The highest BCUT2D eigenvalue weighted by Gasteiger charge is 2.22. The molecule has 6 heteroatoms. The molecule has 0 saturated carbocycles. The molecule has 0 bridgehead atoms. The number of hydrogen-bond donors (Lipinski definition) is 2. The zero-order valence-corrected chi connectivity index (χ0v) is 14.7. The SMILES string of the molecule is O[C@H](COc1c(F)cc(Br)cc1F)C[NH+]1CCc2ccccc2C1. The lowest BCUT2D eigenvalue weighted by atomic mass is 10.00. The summed E-state index contributed by atoms with van der Waals surface area (Å²) in [6.07, 6.45) is 0.183. The molecule has 2 aromatic rings. The third-order valence-electron chi connectivity index (χ3n) is 4.21. The van der Waals surface area contributed by atoms with E-state index in [0.29, 0.717) is 11.0 Å². The fraction of sp³-hybridized carbons (Fsp3) is 0.333. The van der Waals surface area contributed by atoms with Gasteiger partial charge in [-0.25, -0.2) is 8.78 Å². The van der Waals surface area contributed by atoms with Gasteiger partial charge in [-0.3, -0.25) is 0 Å². The summed E-state index contributed by atoms with van der Waals surface area (Å²) in [7, 11) is 0. The van der Waals surface area contributed by atoms with Gasteiger partial charge < -0.3 is 14.7 Å². The molecule has 128 valence electrons. The van der Waals surface area contributed by atoms with Crippen molar-refractivity contribution in [1.29, 1.82) is 0 Å². The average Bonchev–Trinajstić information content (AvgIpc) is 2.53. The van der Waals surface area contributed by atoms with Crippen molar-refractivity contribution in [2.75, 3.05) is 19.7 Å². The predicted molar refractivity (Wildman–Crippen MR) is 90.1 cm³/mol. The van der Waals surface area contributed by atoms with E-state index in [0.717, 1.165) is 31.6 Å². The van der Waals surface area contributed by atoms with Crippen LogP contribution in [0.3, 0.4) is 0 Å². The third-order valence-corrected chi connectivity index (χ3v) is 4.67. The molecular weight excluding hydrogens is 380 g/mol. The highest BCUT2D eigenvalue weighted by atomic mass is 79.9. The van der Waals surface area contributed by atoms with Crippen LogP contribution >= 0.6 is 15.9 Å². The maximum absolute atomic E-state index is 13.7. The van der Waals surface area contributed by atoms with Crippen molar-refractivity contribution in [2.24, 2.45) is 0 Å². The Morgan fingerprint density at radius 3 is 2.54 bits per heavy atom. The van der Waals surface area contributed by atoms with Gasteiger partial charge >= 0.3 is 0 Å². The van der Waals surface area contributed by atoms with Crippen molar-refractivity contribution in [3.8, 4) is 5.75 Å². The number of halogens is 3. The van der Waals surface area contributed by atoms with Crippen LogP contribution in [-0.4, -0.2) is 30.9 Å². The van der Waals surface area contributed by atoms with Gasteiger partial charge in [-0.1, -0.05) is 40.2 Å². The molecule has 3 rings (SSSR count). The fourth-order valence-corrected chi connectivity index (χ4v) is 3.46. The zero-order valence-electron chi connectivity index (χ0n) is 13.1. The zero-order chi connectivity index (χ0) is 17.1. The lowest BCUT2D eigenvalue weighted by Gasteiger charge is -2.27. The van der Waals surface area contributed by atoms with Gasteiger partial charge in [0.2, 0.25) is 0 Å². The van der Waals surface area contributed by atoms with Crippen LogP contribution in [0.4, 0.5) is 8.78 Å². The Labute approximate surface area is 148 Å². The number of fused-ring (bicyclic) bond motifs is 1. The summed E-state index contributed by atoms with van der Waals surface area (Å²) in [6, 6.07) is 10.6. The van der Waals surface area contributed by atoms with E-state index in [-0.39, 0.29) is 6.61 Å². The molecule has 2 aromatic carbocycles. The van der Waals surface area contributed by atoms with Gasteiger partial charge in [-0.2, -0.15) is 0 Å². The summed E-state index contributed by atoms with van der Waals surface area (Å²) in [5.74, 6) is -2.02. The number of aliphatic hydroxyl groups is 1. The van der Waals surface area contributed by atoms with Crippen molar-refractivity contribution < 1.29 is 23.5 Å². The van der Waals surface area contributed by atoms with E-state index in [4.69, 9.17) is 4.74 Å². The summed E-state index contributed by atoms with van der Waals surface area (Å²) in [4.78, 5) is 1.24. The van der Waals surface area contributed by atoms with E-state index in [1.165, 1.54) is 16.0 Å². The van der Waals surface area contributed by atoms with E-state index < -0.39 is 23.5 Å². The second kappa shape index (κ2) is 7.59. The lowest BCUT2D eigenvalue weighted by molar-refractivity contribution is -0.918. The summed E-state index contributed by atoms with van der Waals surface area (Å²) >= 11 is 3.02. The first-order chi connectivity index (χ1) is 11.5. The first kappa shape index (κ1) is 17.3. The Balaban J connectivity index is 1.55. The van der Waals surface area contributed by atoms with Gasteiger partial charge in [-0.05, 0) is 17.7 Å². The maximum Gasteiger partial charge on any atom is 0.190 e. The Bertz CT molecular complexity index is 703. The van der Waals surface area contributed by atoms with Crippen molar-refractivity contribution in [2.45, 2.75) is 19.1 Å². The van der Waals surface area contributed by atoms with Gasteiger partial charge in [-0.15, -0.1) is 0 Å². The van der Waals surface area contributed by atoms with Gasteiger partial charge in [0.05, 0.1) is 6.54 Å². The normalized spacial score (nSPS) is 18.1. The molecule has 1 unspecified atom stereocenters. The molecule has 2 atom stereocenters. The second-order valence-electron chi connectivity index (χ2n) is 6.06. The number of hydrogen-bond acceptors (Lipinski definition) is 2. The van der Waals surface area contributed by atoms with Gasteiger partial charge in [0.15, 0.2) is 17.4 Å². The number of benzene rings is 2. The van der Waals surface area contributed by atoms with Crippen LogP contribution in [-0.2, 0) is 13.0 Å². The largest absolute Gasteiger partial charge is 0.485 e. The predicted octanol–water partition coefficient (Wildman–Crippen LogP) is 2.11. The Morgan fingerprint density at radius 2 is 1.83 bits per heavy atom. The topological polar surface area (TPSA) is 33.9 Å². The number of ether oxygens (including phenoxy) is 1. The van der Waals surface area contributed by atoms with Crippen LogP contribution < -0.4 is 9.64 Å². The standard InChI is InChI=1S/C18H18BrF2NO2/c19-14-7-16(20)18(17(21)8-14)24-11-15(23)10-22-6-5-12-3-1-2-4-13(12)9-22/h1-4,7-8,15,23H,5-6,9-11H2/p+1/t15-/m0/s1. The monoisotopic (exact) mass is 398 g/mol. The van der Waals surface area contributed by atoms with Gasteiger partial charge in [0, 0.05) is 16.5 Å².